The minimum atomic E-state index is -4.66. The Balaban J connectivity index is 4.09. The molecule has 0 saturated heterocycles. The number of phosphoric ester groups is 1. The summed E-state index contributed by atoms with van der Waals surface area (Å²) in [5.41, 5.74) is 0. The lowest BCUT2D eigenvalue weighted by Gasteiger charge is -2.28. The van der Waals surface area contributed by atoms with Crippen LogP contribution in [0.4, 0.5) is 0 Å². The van der Waals surface area contributed by atoms with Gasteiger partial charge >= 0.3 is 11.9 Å². The maximum absolute atomic E-state index is 12.8. The summed E-state index contributed by atoms with van der Waals surface area (Å²) in [4.78, 5) is 37.9. The summed E-state index contributed by atoms with van der Waals surface area (Å²) in [6.07, 6.45) is 80.6. The largest absolute Gasteiger partial charge is 0.756 e. The molecule has 0 rings (SSSR count). The second kappa shape index (κ2) is 58.6. The number of carbonyl (C=O) groups is 2. The summed E-state index contributed by atoms with van der Waals surface area (Å²) in [7, 11) is 1.13. The van der Waals surface area contributed by atoms with Gasteiger partial charge in [-0.25, -0.2) is 0 Å². The molecule has 78 heavy (non-hydrogen) atoms. The van der Waals surface area contributed by atoms with Gasteiger partial charge < -0.3 is 27.9 Å². The number of carbonyl (C=O) groups excluding carboxylic acids is 2. The number of ether oxygens (including phenoxy) is 2. The monoisotopic (exact) mass is 1110 g/mol. The predicted octanol–water partition coefficient (Wildman–Crippen LogP) is 19.7. The lowest BCUT2D eigenvalue weighted by molar-refractivity contribution is -0.870. The highest BCUT2D eigenvalue weighted by atomic mass is 31.2. The quantitative estimate of drug-likeness (QED) is 0.0195. The zero-order chi connectivity index (χ0) is 57.0. The van der Waals surface area contributed by atoms with Crippen LogP contribution in [0.3, 0.4) is 0 Å². The molecule has 0 N–H and O–H groups in total. The van der Waals surface area contributed by atoms with Crippen LogP contribution in [-0.4, -0.2) is 70.0 Å². The molecule has 0 bridgehead atoms. The Labute approximate surface area is 481 Å². The Morgan fingerprint density at radius 2 is 0.731 bits per heavy atom. The molecule has 0 aliphatic heterocycles. The first-order valence-electron chi connectivity index (χ1n) is 31.9. The van der Waals surface area contributed by atoms with Crippen LogP contribution in [0.1, 0.15) is 271 Å². The lowest BCUT2D eigenvalue weighted by Crippen LogP contribution is -2.37. The third-order valence-electron chi connectivity index (χ3n) is 13.6. The van der Waals surface area contributed by atoms with Crippen LogP contribution in [0.2, 0.25) is 0 Å². The van der Waals surface area contributed by atoms with Crippen molar-refractivity contribution >= 4 is 19.8 Å². The van der Waals surface area contributed by atoms with Gasteiger partial charge in [-0.05, 0) is 96.3 Å². The molecule has 2 atom stereocenters. The fraction of sp³-hybridized carbons (Fsp3) is 0.735. The molecule has 0 aliphatic carbocycles. The van der Waals surface area contributed by atoms with E-state index in [1.807, 2.05) is 21.1 Å². The molecule has 0 radical (unpaired) electrons. The van der Waals surface area contributed by atoms with E-state index in [0.29, 0.717) is 17.4 Å². The minimum absolute atomic E-state index is 0.0431. The van der Waals surface area contributed by atoms with Crippen molar-refractivity contribution in [2.45, 2.75) is 277 Å². The normalized spacial score (nSPS) is 13.9. The zero-order valence-electron chi connectivity index (χ0n) is 51.1. The van der Waals surface area contributed by atoms with Gasteiger partial charge in [-0.15, -0.1) is 0 Å². The first-order chi connectivity index (χ1) is 38.0. The van der Waals surface area contributed by atoms with E-state index in [1.54, 1.807) is 0 Å². The second-order valence-electron chi connectivity index (χ2n) is 22.4. The number of hydrogen-bond donors (Lipinski definition) is 0. The van der Waals surface area contributed by atoms with Crippen molar-refractivity contribution < 1.29 is 42.1 Å². The fourth-order valence-corrected chi connectivity index (χ4v) is 9.42. The highest BCUT2D eigenvalue weighted by molar-refractivity contribution is 7.45. The molecule has 10 heteroatoms. The number of hydrogen-bond acceptors (Lipinski definition) is 8. The number of unbranched alkanes of at least 4 members (excludes halogenated alkanes) is 28. The molecule has 0 aromatic carbocycles. The molecule has 0 aromatic heterocycles. The zero-order valence-corrected chi connectivity index (χ0v) is 52.0. The SMILES string of the molecule is CC/C=C\C/C=C\C/C=C\C/C=C\C/C=C\C/C=C\CCCCC(=O)OC(COC(=O)CCCCCCCCCCCCCCCCCCCCCCC/C=C\C/C=C\CCCCCCC)COP(=O)([O-])OCC[N+](C)(C)C. The number of quaternary nitrogens is 1. The van der Waals surface area contributed by atoms with E-state index in [-0.39, 0.29) is 26.1 Å². The van der Waals surface area contributed by atoms with Crippen molar-refractivity contribution in [3.8, 4) is 0 Å². The van der Waals surface area contributed by atoms with Gasteiger partial charge in [-0.2, -0.15) is 0 Å². The van der Waals surface area contributed by atoms with Crippen LogP contribution in [0.15, 0.2) is 97.2 Å². The standard InChI is InChI=1S/C68H120NO8P/c1-6-8-10-12-14-16-18-20-22-24-26-28-29-30-31-32-33-34-35-36-37-38-39-41-42-44-46-48-50-52-54-56-58-60-67(70)74-64-66(65-76-78(72,73)75-63-62-69(3,4)5)77-68(71)61-59-57-55-53-51-49-47-45-43-40-27-25-23-21-19-17-15-13-11-9-7-2/h9,11,15,17-18,20-21,23-24,26-27,40,45,47,51,53,66H,6-8,10,12-14,16,19,22,25,28-39,41-44,46,48-50,52,54-65H2,1-5H3/b11-9-,17-15-,20-18-,23-21-,26-24-,40-27-,47-45-,53-51-. The van der Waals surface area contributed by atoms with Crippen molar-refractivity contribution in [3.05, 3.63) is 97.2 Å². The Kier molecular flexibility index (Phi) is 56.3. The molecule has 450 valence electrons. The lowest BCUT2D eigenvalue weighted by atomic mass is 10.0. The molecule has 0 fully saturated rings. The summed E-state index contributed by atoms with van der Waals surface area (Å²) in [5, 5.41) is 0. The molecule has 0 heterocycles. The maximum atomic E-state index is 12.8. The second-order valence-corrected chi connectivity index (χ2v) is 23.8. The van der Waals surface area contributed by atoms with Crippen LogP contribution in [0.5, 0.6) is 0 Å². The average molecular weight is 1110 g/mol. The third kappa shape index (κ3) is 62.1. The fourth-order valence-electron chi connectivity index (χ4n) is 8.69. The van der Waals surface area contributed by atoms with E-state index in [9.17, 15) is 19.0 Å². The summed E-state index contributed by atoms with van der Waals surface area (Å²) in [6.45, 7) is 4.08. The Morgan fingerprint density at radius 3 is 1.12 bits per heavy atom. The van der Waals surface area contributed by atoms with Crippen molar-refractivity contribution in [2.24, 2.45) is 0 Å². The van der Waals surface area contributed by atoms with Gasteiger partial charge in [-0.3, -0.25) is 14.2 Å². The molecule has 0 spiro atoms. The van der Waals surface area contributed by atoms with Crippen LogP contribution in [-0.2, 0) is 32.7 Å². The van der Waals surface area contributed by atoms with Crippen LogP contribution in [0.25, 0.3) is 0 Å². The average Bonchev–Trinajstić information content (AvgIpc) is 3.41. The van der Waals surface area contributed by atoms with Gasteiger partial charge in [0.05, 0.1) is 27.7 Å². The van der Waals surface area contributed by atoms with E-state index in [4.69, 9.17) is 18.5 Å². The van der Waals surface area contributed by atoms with Crippen molar-refractivity contribution in [1.29, 1.82) is 0 Å². The van der Waals surface area contributed by atoms with E-state index >= 15 is 0 Å². The van der Waals surface area contributed by atoms with Crippen LogP contribution >= 0.6 is 7.82 Å². The molecule has 0 aliphatic rings. The Hall–Kier alpha value is -3.07. The molecule has 9 nitrogen and oxygen atoms in total. The van der Waals surface area contributed by atoms with E-state index in [0.717, 1.165) is 77.0 Å². The van der Waals surface area contributed by atoms with Gasteiger partial charge in [-0.1, -0.05) is 259 Å². The summed E-state index contributed by atoms with van der Waals surface area (Å²) < 4.78 is 34.2. The van der Waals surface area contributed by atoms with Gasteiger partial charge in [0, 0.05) is 12.8 Å². The molecule has 2 unspecified atom stereocenters. The molecule has 0 amide bonds. The summed E-state index contributed by atoms with van der Waals surface area (Å²) in [5.74, 6) is -0.881. The minimum Gasteiger partial charge on any atom is -0.756 e. The number of rotatable bonds is 58. The highest BCUT2D eigenvalue weighted by Gasteiger charge is 2.22. The molecular weight excluding hydrogens is 990 g/mol. The third-order valence-corrected chi connectivity index (χ3v) is 14.6. The summed E-state index contributed by atoms with van der Waals surface area (Å²) >= 11 is 0. The van der Waals surface area contributed by atoms with Crippen LogP contribution < -0.4 is 4.89 Å². The maximum Gasteiger partial charge on any atom is 0.306 e. The smallest absolute Gasteiger partial charge is 0.306 e. The van der Waals surface area contributed by atoms with Gasteiger partial charge in [0.1, 0.15) is 19.8 Å². The number of allylic oxidation sites excluding steroid dienone is 16. The van der Waals surface area contributed by atoms with Crippen molar-refractivity contribution in [3.63, 3.8) is 0 Å². The number of likely N-dealkylation sites (N-methyl/N-ethyl adjacent to an activating group) is 1. The molecular formula is C68H120NO8P. The highest BCUT2D eigenvalue weighted by Crippen LogP contribution is 2.38. The predicted molar refractivity (Wildman–Crippen MR) is 332 cm³/mol. The van der Waals surface area contributed by atoms with Gasteiger partial charge in [0.15, 0.2) is 6.10 Å². The van der Waals surface area contributed by atoms with E-state index in [2.05, 4.69) is 111 Å². The van der Waals surface area contributed by atoms with Gasteiger partial charge in [0.25, 0.3) is 7.82 Å². The Morgan fingerprint density at radius 1 is 0.410 bits per heavy atom. The number of esters is 2. The topological polar surface area (TPSA) is 111 Å². The first kappa shape index (κ1) is 74.9. The molecule has 0 saturated carbocycles. The van der Waals surface area contributed by atoms with Crippen LogP contribution in [0, 0.1) is 0 Å². The summed E-state index contributed by atoms with van der Waals surface area (Å²) in [6, 6.07) is 0. The van der Waals surface area contributed by atoms with Crippen molar-refractivity contribution in [1.82, 2.24) is 0 Å². The van der Waals surface area contributed by atoms with Crippen molar-refractivity contribution in [2.75, 3.05) is 47.5 Å². The Bertz CT molecular complexity index is 1640. The van der Waals surface area contributed by atoms with E-state index < -0.39 is 32.5 Å². The number of nitrogens with zero attached hydrogens (tertiary/aromatic N) is 1. The van der Waals surface area contributed by atoms with E-state index in [1.165, 1.54) is 161 Å². The van der Waals surface area contributed by atoms with Gasteiger partial charge in [0.2, 0.25) is 0 Å². The molecule has 0 aromatic rings. The number of phosphoric acid groups is 1. The first-order valence-corrected chi connectivity index (χ1v) is 33.4.